The van der Waals surface area contributed by atoms with Crippen LogP contribution >= 0.6 is 22.7 Å². The van der Waals surface area contributed by atoms with Gasteiger partial charge >= 0.3 is 0 Å². The molecule has 2 aliphatic heterocycles. The molecule has 12 aromatic rings. The number of rotatable bonds is 4. The number of thiophene rings is 2. The summed E-state index contributed by atoms with van der Waals surface area (Å²) < 4.78 is 14.6. The van der Waals surface area contributed by atoms with Crippen LogP contribution in [-0.2, 0) is 0 Å². The number of allylic oxidation sites excluding steroid dienone is 3. The number of amidine groups is 1. The Labute approximate surface area is 412 Å². The number of aliphatic imine (C=N–C) groups is 2. The molecule has 0 amide bonds. The molecule has 0 saturated heterocycles. The molecule has 15 rings (SSSR count). The van der Waals surface area contributed by atoms with Crippen LogP contribution in [0.25, 0.3) is 95.1 Å². The van der Waals surface area contributed by atoms with Gasteiger partial charge in [0, 0.05) is 91.3 Å². The summed E-state index contributed by atoms with van der Waals surface area (Å²) in [6.07, 6.45) is 11.9. The van der Waals surface area contributed by atoms with Gasteiger partial charge in [0.25, 0.3) is 0 Å². The van der Waals surface area contributed by atoms with Gasteiger partial charge in [0.2, 0.25) is 0 Å². The molecule has 332 valence electrons. The zero-order valence-corrected chi connectivity index (χ0v) is 40.1. The fraction of sp³-hybridized carbons (Fsp3) is 0.0938. The van der Waals surface area contributed by atoms with E-state index in [0.717, 1.165) is 57.0 Å². The van der Waals surface area contributed by atoms with Gasteiger partial charge in [0.1, 0.15) is 11.4 Å². The molecular weight excluding hydrogens is 891 g/mol. The first-order valence-electron chi connectivity index (χ1n) is 24.2. The molecule has 0 radical (unpaired) electrons. The molecular formula is C64H43N3OS2. The second-order valence-corrected chi connectivity index (χ2v) is 21.6. The molecule has 3 aromatic heterocycles. The summed E-state index contributed by atoms with van der Waals surface area (Å²) in [7, 11) is 0. The van der Waals surface area contributed by atoms with Gasteiger partial charge in [-0.2, -0.15) is 0 Å². The van der Waals surface area contributed by atoms with Crippen LogP contribution in [0.3, 0.4) is 0 Å². The number of nitrogens with zero attached hydrogens (tertiary/aromatic N) is 3. The largest absolute Gasteiger partial charge is 0.482 e. The molecule has 5 heterocycles. The Morgan fingerprint density at radius 1 is 0.557 bits per heavy atom. The highest BCUT2D eigenvalue weighted by atomic mass is 32.1. The number of fused-ring (bicyclic) bond motifs is 14. The van der Waals surface area contributed by atoms with Gasteiger partial charge in [-0.3, -0.25) is 0 Å². The van der Waals surface area contributed by atoms with E-state index in [1.54, 1.807) is 0 Å². The third-order valence-electron chi connectivity index (χ3n) is 15.2. The monoisotopic (exact) mass is 933 g/mol. The van der Waals surface area contributed by atoms with Crippen molar-refractivity contribution in [2.45, 2.75) is 31.8 Å². The normalized spacial score (nSPS) is 21.2. The van der Waals surface area contributed by atoms with Crippen molar-refractivity contribution in [1.29, 1.82) is 0 Å². The van der Waals surface area contributed by atoms with Crippen molar-refractivity contribution < 1.29 is 4.74 Å². The van der Waals surface area contributed by atoms with Crippen LogP contribution in [0.15, 0.2) is 210 Å². The van der Waals surface area contributed by atoms with E-state index in [9.17, 15) is 0 Å². The van der Waals surface area contributed by atoms with Gasteiger partial charge in [-0.25, -0.2) is 9.98 Å². The Kier molecular flexibility index (Phi) is 8.61. The van der Waals surface area contributed by atoms with Crippen molar-refractivity contribution in [3.63, 3.8) is 0 Å². The first kappa shape index (κ1) is 40.0. The standard InChI is InChI=1S/C64H43N3OS2/c1-37-22-27-53(42-23-25-46-44-17-7-9-20-58(44)69-60(46)33-42)65-63(43-24-26-47-45-18-8-10-21-59(45)70-61(47)34-43)66-62(37)51-35-50-52-19-11-12-28-64(52,2)68-57(50)36-56(51)67-54-31-40-15-5-3-13-38(40)29-48(54)49-30-39-14-4-6-16-41(39)32-55(49)67/h3-21,23-37,52H,22H2,1-2H3/b53-27+,65-63-,66-62+. The Hall–Kier alpha value is -7.90. The van der Waals surface area contributed by atoms with Crippen LogP contribution < -0.4 is 4.74 Å². The van der Waals surface area contributed by atoms with Gasteiger partial charge in [-0.15, -0.1) is 22.7 Å². The van der Waals surface area contributed by atoms with E-state index >= 15 is 0 Å². The summed E-state index contributed by atoms with van der Waals surface area (Å²) in [5.74, 6) is 1.68. The molecule has 6 heteroatoms. The lowest BCUT2D eigenvalue weighted by atomic mass is 9.81. The van der Waals surface area contributed by atoms with Gasteiger partial charge in [-0.1, -0.05) is 140 Å². The van der Waals surface area contributed by atoms with Crippen molar-refractivity contribution in [2.24, 2.45) is 15.9 Å². The highest BCUT2D eigenvalue weighted by Crippen LogP contribution is 2.51. The predicted molar refractivity (Wildman–Crippen MR) is 299 cm³/mol. The van der Waals surface area contributed by atoms with Crippen molar-refractivity contribution in [3.8, 4) is 11.4 Å². The van der Waals surface area contributed by atoms with Crippen LogP contribution in [0, 0.1) is 5.92 Å². The molecule has 4 nitrogen and oxygen atoms in total. The predicted octanol–water partition coefficient (Wildman–Crippen LogP) is 17.5. The Morgan fingerprint density at radius 3 is 1.79 bits per heavy atom. The molecule has 9 aromatic carbocycles. The molecule has 0 N–H and O–H groups in total. The lowest BCUT2D eigenvalue weighted by molar-refractivity contribution is 0.155. The molecule has 3 atom stereocenters. The van der Waals surface area contributed by atoms with E-state index in [4.69, 9.17) is 14.7 Å². The highest BCUT2D eigenvalue weighted by Gasteiger charge is 2.43. The maximum Gasteiger partial charge on any atom is 0.160 e. The highest BCUT2D eigenvalue weighted by molar-refractivity contribution is 7.26. The second-order valence-electron chi connectivity index (χ2n) is 19.5. The smallest absolute Gasteiger partial charge is 0.160 e. The summed E-state index contributed by atoms with van der Waals surface area (Å²) >= 11 is 3.67. The number of ether oxygens (including phenoxy) is 1. The fourth-order valence-corrected chi connectivity index (χ4v) is 13.9. The van der Waals surface area contributed by atoms with Crippen molar-refractivity contribution in [1.82, 2.24) is 4.57 Å². The van der Waals surface area contributed by atoms with Gasteiger partial charge in [0.05, 0.1) is 28.1 Å². The van der Waals surface area contributed by atoms with Crippen molar-refractivity contribution in [3.05, 3.63) is 222 Å². The van der Waals surface area contributed by atoms with Crippen LogP contribution in [0.4, 0.5) is 0 Å². The van der Waals surface area contributed by atoms with Crippen LogP contribution in [-0.4, -0.2) is 21.7 Å². The van der Waals surface area contributed by atoms with E-state index in [1.807, 2.05) is 22.7 Å². The molecule has 3 aliphatic rings. The zero-order valence-electron chi connectivity index (χ0n) is 38.5. The minimum Gasteiger partial charge on any atom is -0.482 e. The van der Waals surface area contributed by atoms with Crippen LogP contribution in [0.2, 0.25) is 0 Å². The quantitative estimate of drug-likeness (QED) is 0.173. The molecule has 70 heavy (non-hydrogen) atoms. The minimum atomic E-state index is -0.506. The summed E-state index contributed by atoms with van der Waals surface area (Å²) in [6, 6.07) is 62.7. The summed E-state index contributed by atoms with van der Waals surface area (Å²) in [5, 5.41) is 12.4. The van der Waals surface area contributed by atoms with Gasteiger partial charge in [0.15, 0.2) is 5.84 Å². The maximum absolute atomic E-state index is 7.06. The average molecular weight is 934 g/mol. The van der Waals surface area contributed by atoms with E-state index in [1.165, 1.54) is 78.2 Å². The topological polar surface area (TPSA) is 38.9 Å². The van der Waals surface area contributed by atoms with E-state index in [0.29, 0.717) is 5.84 Å². The lowest BCUT2D eigenvalue weighted by Gasteiger charge is -2.27. The fourth-order valence-electron chi connectivity index (χ4n) is 11.6. The minimum absolute atomic E-state index is 0.0173. The number of benzene rings is 9. The maximum atomic E-state index is 7.06. The van der Waals surface area contributed by atoms with E-state index < -0.39 is 5.60 Å². The molecule has 0 fully saturated rings. The number of hydrogen-bond donors (Lipinski definition) is 0. The summed E-state index contributed by atoms with van der Waals surface area (Å²) in [5.41, 5.74) is 9.13. The second kappa shape index (κ2) is 15.0. The third kappa shape index (κ3) is 6.06. The third-order valence-corrected chi connectivity index (χ3v) is 17.4. The first-order chi connectivity index (χ1) is 34.4. The molecule has 3 unspecified atom stereocenters. The van der Waals surface area contributed by atoms with Crippen LogP contribution in [0.5, 0.6) is 5.75 Å². The molecule has 0 spiro atoms. The van der Waals surface area contributed by atoms with Crippen LogP contribution in [0.1, 0.15) is 48.4 Å². The van der Waals surface area contributed by atoms with Gasteiger partial charge in [-0.05, 0) is 95.6 Å². The summed E-state index contributed by atoms with van der Waals surface area (Å²) in [4.78, 5) is 11.6. The lowest BCUT2D eigenvalue weighted by Crippen LogP contribution is -2.32. The first-order valence-corrected chi connectivity index (χ1v) is 25.8. The zero-order chi connectivity index (χ0) is 46.2. The SMILES string of the molecule is CC1C/C=C(c2ccc3c(c2)sc2ccccc23)/N=C(c2ccc3c(c2)sc2ccccc23)\N=C/1c1cc2c(cc1-n1c3cc4ccccc4cc3c3cc4ccccc4cc31)OC1(C)C=CC=CC21. The average Bonchev–Trinajstić information content (AvgIpc) is 4.12. The number of hydrogen-bond acceptors (Lipinski definition) is 5. The Morgan fingerprint density at radius 2 is 1.13 bits per heavy atom. The Bertz CT molecular complexity index is 4330. The van der Waals surface area contributed by atoms with E-state index in [-0.39, 0.29) is 11.8 Å². The van der Waals surface area contributed by atoms with E-state index in [2.05, 4.69) is 219 Å². The van der Waals surface area contributed by atoms with Crippen molar-refractivity contribution >= 4 is 124 Å². The van der Waals surface area contributed by atoms with Crippen molar-refractivity contribution in [2.75, 3.05) is 0 Å². The summed E-state index contributed by atoms with van der Waals surface area (Å²) in [6.45, 7) is 4.55. The molecule has 1 aliphatic carbocycles. The molecule has 0 bridgehead atoms. The molecule has 0 saturated carbocycles. The van der Waals surface area contributed by atoms with Gasteiger partial charge < -0.3 is 9.30 Å². The number of aromatic nitrogens is 1. The Balaban J connectivity index is 1.01.